The smallest absolute Gasteiger partial charge is 0.350 e. The van der Waals surface area contributed by atoms with E-state index in [1.807, 2.05) is 9.96 Å². The van der Waals surface area contributed by atoms with Gasteiger partial charge in [-0.05, 0) is 27.7 Å². The Hall–Kier alpha value is -0.850. The Kier molecular flexibility index (Phi) is 4.03. The summed E-state index contributed by atoms with van der Waals surface area (Å²) in [6.45, 7) is 13.0. The highest BCUT2D eigenvalue weighted by Crippen LogP contribution is 2.21. The summed E-state index contributed by atoms with van der Waals surface area (Å²) in [5.74, 6) is 0. The predicted molar refractivity (Wildman–Crippen MR) is 73.8 cm³/mol. The second-order valence-electron chi connectivity index (χ2n) is 6.59. The molecule has 19 heavy (non-hydrogen) atoms. The summed E-state index contributed by atoms with van der Waals surface area (Å²) in [6.07, 6.45) is -0.235. The Morgan fingerprint density at radius 2 is 1.58 bits per heavy atom. The second-order valence-corrected chi connectivity index (χ2v) is 6.59. The van der Waals surface area contributed by atoms with Crippen LogP contribution in [0.15, 0.2) is 0 Å². The van der Waals surface area contributed by atoms with Crippen molar-refractivity contribution in [2.75, 3.05) is 39.3 Å². The Balaban J connectivity index is 2.00. The van der Waals surface area contributed by atoms with Crippen LogP contribution in [0.5, 0.6) is 0 Å². The monoisotopic (exact) mass is 270 g/mol. The van der Waals surface area contributed by atoms with Crippen molar-refractivity contribution in [3.05, 3.63) is 0 Å². The first-order chi connectivity index (χ1) is 8.83. The molecule has 0 aliphatic carbocycles. The molecular formula is C13H26N4O2. The molecule has 2 aliphatic heterocycles. The van der Waals surface area contributed by atoms with Crippen molar-refractivity contribution >= 4 is 6.09 Å². The van der Waals surface area contributed by atoms with Crippen LogP contribution in [-0.4, -0.2) is 66.4 Å². The maximum Gasteiger partial charge on any atom is 0.429 e. The van der Waals surface area contributed by atoms with Crippen LogP contribution in [0.4, 0.5) is 4.79 Å². The topological polar surface area (TPSA) is 56.8 Å². The molecule has 6 nitrogen and oxygen atoms in total. The molecule has 0 spiro atoms. The van der Waals surface area contributed by atoms with Gasteiger partial charge in [0.1, 0.15) is 0 Å². The number of hydroxylamine groups is 2. The SMILES string of the molecule is CC1(C)CNCCN1OC(=O)N1CCNCC1(C)C. The highest BCUT2D eigenvalue weighted by atomic mass is 16.7. The minimum atomic E-state index is -0.235. The fourth-order valence-corrected chi connectivity index (χ4v) is 2.60. The minimum Gasteiger partial charge on any atom is -0.350 e. The molecule has 0 aromatic carbocycles. The molecule has 1 amide bonds. The normalized spacial score (nSPS) is 27.1. The van der Waals surface area contributed by atoms with Crippen molar-refractivity contribution in [3.63, 3.8) is 0 Å². The first-order valence-electron chi connectivity index (χ1n) is 7.02. The largest absolute Gasteiger partial charge is 0.429 e. The van der Waals surface area contributed by atoms with Crippen LogP contribution in [0, 0.1) is 0 Å². The van der Waals surface area contributed by atoms with Crippen molar-refractivity contribution in [3.8, 4) is 0 Å². The van der Waals surface area contributed by atoms with Crippen molar-refractivity contribution in [2.24, 2.45) is 0 Å². The zero-order chi connectivity index (χ0) is 14.1. The molecule has 110 valence electrons. The molecule has 0 saturated carbocycles. The average Bonchev–Trinajstić information content (AvgIpc) is 2.31. The van der Waals surface area contributed by atoms with E-state index in [0.717, 1.165) is 32.7 Å². The Morgan fingerprint density at radius 1 is 1.00 bits per heavy atom. The van der Waals surface area contributed by atoms with Crippen LogP contribution < -0.4 is 10.6 Å². The Labute approximate surface area is 115 Å². The average molecular weight is 270 g/mol. The quantitative estimate of drug-likeness (QED) is 0.722. The number of rotatable bonds is 1. The van der Waals surface area contributed by atoms with Crippen LogP contribution in [0.2, 0.25) is 0 Å². The lowest BCUT2D eigenvalue weighted by molar-refractivity contribution is -0.184. The van der Waals surface area contributed by atoms with Crippen molar-refractivity contribution < 1.29 is 9.63 Å². The molecule has 0 unspecified atom stereocenters. The number of piperazine rings is 2. The molecule has 6 heteroatoms. The van der Waals surface area contributed by atoms with E-state index in [0.29, 0.717) is 6.54 Å². The van der Waals surface area contributed by atoms with Gasteiger partial charge in [0.2, 0.25) is 0 Å². The highest BCUT2D eigenvalue weighted by molar-refractivity contribution is 5.68. The van der Waals surface area contributed by atoms with Gasteiger partial charge >= 0.3 is 6.09 Å². The second kappa shape index (κ2) is 5.26. The molecule has 2 heterocycles. The van der Waals surface area contributed by atoms with Crippen molar-refractivity contribution in [1.82, 2.24) is 20.6 Å². The van der Waals surface area contributed by atoms with Gasteiger partial charge in [0.15, 0.2) is 0 Å². The third-order valence-electron chi connectivity index (χ3n) is 3.93. The number of hydrogen-bond donors (Lipinski definition) is 2. The van der Waals surface area contributed by atoms with Crippen LogP contribution in [0.25, 0.3) is 0 Å². The van der Waals surface area contributed by atoms with Crippen LogP contribution >= 0.6 is 0 Å². The number of carbonyl (C=O) groups is 1. The lowest BCUT2D eigenvalue weighted by Gasteiger charge is -2.45. The third kappa shape index (κ3) is 3.19. The van der Waals surface area contributed by atoms with Crippen molar-refractivity contribution in [1.29, 1.82) is 0 Å². The summed E-state index contributed by atoms with van der Waals surface area (Å²) in [4.78, 5) is 19.8. The zero-order valence-corrected chi connectivity index (χ0v) is 12.5. The fourth-order valence-electron chi connectivity index (χ4n) is 2.60. The molecule has 2 N–H and O–H groups in total. The number of amides is 1. The van der Waals surface area contributed by atoms with Crippen LogP contribution in [0.1, 0.15) is 27.7 Å². The van der Waals surface area contributed by atoms with Gasteiger partial charge < -0.3 is 15.5 Å². The zero-order valence-electron chi connectivity index (χ0n) is 12.5. The number of nitrogens with one attached hydrogen (secondary N) is 2. The molecule has 2 aliphatic rings. The summed E-state index contributed by atoms with van der Waals surface area (Å²) in [7, 11) is 0. The van der Waals surface area contributed by atoms with E-state index in [1.165, 1.54) is 0 Å². The van der Waals surface area contributed by atoms with Gasteiger partial charge in [0, 0.05) is 39.3 Å². The van der Waals surface area contributed by atoms with Gasteiger partial charge in [0.25, 0.3) is 0 Å². The number of nitrogens with zero attached hydrogens (tertiary/aromatic N) is 2. The third-order valence-corrected chi connectivity index (χ3v) is 3.93. The van der Waals surface area contributed by atoms with Gasteiger partial charge in [0.05, 0.1) is 11.1 Å². The molecule has 0 radical (unpaired) electrons. The maximum atomic E-state index is 12.4. The summed E-state index contributed by atoms with van der Waals surface area (Å²) in [5.41, 5.74) is -0.362. The molecular weight excluding hydrogens is 244 g/mol. The van der Waals surface area contributed by atoms with Gasteiger partial charge in [-0.25, -0.2) is 4.79 Å². The van der Waals surface area contributed by atoms with Gasteiger partial charge in [-0.15, -0.1) is 5.06 Å². The molecule has 0 bridgehead atoms. The van der Waals surface area contributed by atoms with E-state index in [9.17, 15) is 4.79 Å². The number of carbonyl (C=O) groups excluding carboxylic acids is 1. The van der Waals surface area contributed by atoms with E-state index in [1.54, 1.807) is 0 Å². The Bertz CT molecular complexity index is 344. The first kappa shape index (κ1) is 14.6. The van der Waals surface area contributed by atoms with E-state index in [-0.39, 0.29) is 17.2 Å². The van der Waals surface area contributed by atoms with Gasteiger partial charge in [-0.1, -0.05) is 0 Å². The van der Waals surface area contributed by atoms with E-state index in [4.69, 9.17) is 4.84 Å². The minimum absolute atomic E-state index is 0.161. The maximum absolute atomic E-state index is 12.4. The van der Waals surface area contributed by atoms with Gasteiger partial charge in [-0.3, -0.25) is 4.90 Å². The van der Waals surface area contributed by atoms with E-state index < -0.39 is 0 Å². The summed E-state index contributed by atoms with van der Waals surface area (Å²) >= 11 is 0. The summed E-state index contributed by atoms with van der Waals surface area (Å²) < 4.78 is 0. The number of hydrogen-bond acceptors (Lipinski definition) is 5. The summed E-state index contributed by atoms with van der Waals surface area (Å²) in [5, 5.41) is 8.43. The first-order valence-corrected chi connectivity index (χ1v) is 7.02. The van der Waals surface area contributed by atoms with E-state index in [2.05, 4.69) is 38.3 Å². The van der Waals surface area contributed by atoms with Crippen LogP contribution in [0.3, 0.4) is 0 Å². The van der Waals surface area contributed by atoms with Crippen molar-refractivity contribution in [2.45, 2.75) is 38.8 Å². The summed E-state index contributed by atoms with van der Waals surface area (Å²) in [6, 6.07) is 0. The molecule has 0 aromatic heterocycles. The molecule has 0 aromatic rings. The predicted octanol–water partition coefficient (Wildman–Crippen LogP) is 0.406. The molecule has 0 atom stereocenters. The molecule has 2 fully saturated rings. The van der Waals surface area contributed by atoms with Crippen LogP contribution in [-0.2, 0) is 4.84 Å². The lowest BCUT2D eigenvalue weighted by atomic mass is 10.0. The Morgan fingerprint density at radius 3 is 2.16 bits per heavy atom. The van der Waals surface area contributed by atoms with E-state index >= 15 is 0 Å². The van der Waals surface area contributed by atoms with Gasteiger partial charge in [-0.2, -0.15) is 0 Å². The fraction of sp³-hybridized carbons (Fsp3) is 0.923. The molecule has 2 saturated heterocycles. The lowest BCUT2D eigenvalue weighted by Crippen LogP contribution is -2.63. The molecule has 2 rings (SSSR count). The standard InChI is InChI=1S/C13H26N4O2/c1-12(2)9-14-5-7-16(12)11(18)19-17-8-6-15-10-13(17,3)4/h14-15H,5-10H2,1-4H3. The highest BCUT2D eigenvalue weighted by Gasteiger charge is 2.38.